The van der Waals surface area contributed by atoms with Gasteiger partial charge >= 0.3 is 0 Å². The summed E-state index contributed by atoms with van der Waals surface area (Å²) in [4.78, 5) is 0. The molecule has 0 amide bonds. The molecule has 5 aromatic carbocycles. The van der Waals surface area contributed by atoms with Gasteiger partial charge in [0.15, 0.2) is 0 Å². The summed E-state index contributed by atoms with van der Waals surface area (Å²) in [6.07, 6.45) is 0. The van der Waals surface area contributed by atoms with Gasteiger partial charge in [0.25, 0.3) is 0 Å². The van der Waals surface area contributed by atoms with E-state index in [0.29, 0.717) is 0 Å². The third-order valence-corrected chi connectivity index (χ3v) is 10.0. The van der Waals surface area contributed by atoms with Crippen LogP contribution in [0.1, 0.15) is 0 Å². The molecule has 0 saturated heterocycles. The molecule has 0 fully saturated rings. The molecule has 4 heterocycles. The van der Waals surface area contributed by atoms with Crippen molar-refractivity contribution in [1.82, 2.24) is 9.13 Å². The second-order valence-electron chi connectivity index (χ2n) is 10.7. The SMILES string of the molecule is c1cc(-c2ccc3c(c2)c2ccccc2n3-c2cccs2)cc(-c2ccc3c(c2)c2ccccc2n3-c2cccs2)c1. The van der Waals surface area contributed by atoms with Gasteiger partial charge in [-0.3, -0.25) is 0 Å². The molecule has 198 valence electrons. The van der Waals surface area contributed by atoms with E-state index >= 15 is 0 Å². The fraction of sp³-hybridized carbons (Fsp3) is 0. The minimum Gasteiger partial charge on any atom is -0.301 e. The maximum Gasteiger partial charge on any atom is 0.0999 e. The fourth-order valence-electron chi connectivity index (χ4n) is 6.45. The zero-order valence-corrected chi connectivity index (χ0v) is 24.2. The topological polar surface area (TPSA) is 9.86 Å². The molecule has 0 saturated carbocycles. The standard InChI is InChI=1S/C38H24N2S2/c1-3-12-33-29(10-1)31-23-27(16-18-35(31)39(33)37-14-6-20-41-37)25-8-5-9-26(22-25)28-17-19-36-32(24-28)30-11-2-4-13-34(30)40(36)38-15-7-21-42-38/h1-24H. The first-order valence-corrected chi connectivity index (χ1v) is 15.8. The van der Waals surface area contributed by atoms with Gasteiger partial charge in [-0.2, -0.15) is 0 Å². The number of thiophene rings is 2. The first-order valence-electron chi connectivity index (χ1n) is 14.1. The van der Waals surface area contributed by atoms with Crippen LogP contribution in [0.5, 0.6) is 0 Å². The highest BCUT2D eigenvalue weighted by Gasteiger charge is 2.15. The van der Waals surface area contributed by atoms with Crippen molar-refractivity contribution < 1.29 is 0 Å². The second kappa shape index (κ2) is 9.31. The Kier molecular flexibility index (Phi) is 5.27. The molecule has 42 heavy (non-hydrogen) atoms. The van der Waals surface area contributed by atoms with E-state index in [1.165, 1.54) is 75.9 Å². The van der Waals surface area contributed by atoms with Crippen LogP contribution in [-0.4, -0.2) is 9.13 Å². The average Bonchev–Trinajstić information content (AvgIpc) is 3.86. The van der Waals surface area contributed by atoms with Crippen molar-refractivity contribution in [3.63, 3.8) is 0 Å². The molecule has 0 aliphatic carbocycles. The van der Waals surface area contributed by atoms with Crippen LogP contribution in [0, 0.1) is 0 Å². The highest BCUT2D eigenvalue weighted by Crippen LogP contribution is 2.38. The molecule has 0 spiro atoms. The van der Waals surface area contributed by atoms with Gasteiger partial charge in [0.05, 0.1) is 32.1 Å². The summed E-state index contributed by atoms with van der Waals surface area (Å²) in [5, 5.41) is 11.9. The number of nitrogens with zero attached hydrogens (tertiary/aromatic N) is 2. The molecule has 0 atom stereocenters. The lowest BCUT2D eigenvalue weighted by Gasteiger charge is -2.09. The van der Waals surface area contributed by atoms with Crippen LogP contribution in [0.3, 0.4) is 0 Å². The summed E-state index contributed by atoms with van der Waals surface area (Å²) in [6.45, 7) is 0. The van der Waals surface area contributed by atoms with Crippen LogP contribution in [0.25, 0.3) is 75.9 Å². The van der Waals surface area contributed by atoms with E-state index in [-0.39, 0.29) is 0 Å². The third-order valence-electron chi connectivity index (χ3n) is 8.33. The van der Waals surface area contributed by atoms with E-state index < -0.39 is 0 Å². The predicted molar refractivity (Wildman–Crippen MR) is 182 cm³/mol. The van der Waals surface area contributed by atoms with Gasteiger partial charge in [-0.25, -0.2) is 0 Å². The lowest BCUT2D eigenvalue weighted by molar-refractivity contribution is 1.22. The van der Waals surface area contributed by atoms with Gasteiger partial charge in [-0.1, -0.05) is 66.7 Å². The molecule has 0 aliphatic rings. The minimum atomic E-state index is 1.23. The third kappa shape index (κ3) is 3.56. The summed E-state index contributed by atoms with van der Waals surface area (Å²) in [7, 11) is 0. The van der Waals surface area contributed by atoms with Crippen LogP contribution >= 0.6 is 22.7 Å². The zero-order chi connectivity index (χ0) is 27.6. The Morgan fingerprint density at radius 1 is 0.333 bits per heavy atom. The van der Waals surface area contributed by atoms with Gasteiger partial charge in [0, 0.05) is 21.5 Å². The highest BCUT2D eigenvalue weighted by molar-refractivity contribution is 7.12. The number of benzene rings is 5. The largest absolute Gasteiger partial charge is 0.301 e. The van der Waals surface area contributed by atoms with E-state index in [1.807, 2.05) is 0 Å². The fourth-order valence-corrected chi connectivity index (χ4v) is 7.96. The molecule has 0 unspecified atom stereocenters. The van der Waals surface area contributed by atoms with E-state index in [1.54, 1.807) is 22.7 Å². The number of hydrogen-bond acceptors (Lipinski definition) is 2. The molecule has 9 aromatic rings. The summed E-state index contributed by atoms with van der Waals surface area (Å²) in [5.41, 5.74) is 9.89. The summed E-state index contributed by atoms with van der Waals surface area (Å²) >= 11 is 3.55. The van der Waals surface area contributed by atoms with Crippen molar-refractivity contribution in [2.45, 2.75) is 0 Å². The molecule has 4 heteroatoms. The monoisotopic (exact) mass is 572 g/mol. The van der Waals surface area contributed by atoms with Crippen molar-refractivity contribution >= 4 is 66.3 Å². The minimum absolute atomic E-state index is 1.23. The molecule has 0 bridgehead atoms. The van der Waals surface area contributed by atoms with E-state index in [4.69, 9.17) is 0 Å². The molecule has 4 aromatic heterocycles. The maximum atomic E-state index is 2.39. The lowest BCUT2D eigenvalue weighted by atomic mass is 9.97. The van der Waals surface area contributed by atoms with Crippen LogP contribution in [0.15, 0.2) is 144 Å². The second-order valence-corrected chi connectivity index (χ2v) is 12.5. The lowest BCUT2D eigenvalue weighted by Crippen LogP contribution is -1.90. The van der Waals surface area contributed by atoms with Crippen LogP contribution in [0.4, 0.5) is 0 Å². The van der Waals surface area contributed by atoms with E-state index in [9.17, 15) is 0 Å². The van der Waals surface area contributed by atoms with Crippen LogP contribution in [0.2, 0.25) is 0 Å². The normalized spacial score (nSPS) is 11.8. The zero-order valence-electron chi connectivity index (χ0n) is 22.6. The van der Waals surface area contributed by atoms with Gasteiger partial charge < -0.3 is 9.13 Å². The van der Waals surface area contributed by atoms with E-state index in [0.717, 1.165) is 0 Å². The summed E-state index contributed by atoms with van der Waals surface area (Å²) < 4.78 is 4.77. The number of fused-ring (bicyclic) bond motifs is 6. The Bertz CT molecular complexity index is 2240. The van der Waals surface area contributed by atoms with Crippen LogP contribution in [-0.2, 0) is 0 Å². The van der Waals surface area contributed by atoms with Crippen molar-refractivity contribution in [2.24, 2.45) is 0 Å². The number of rotatable bonds is 4. The predicted octanol–water partition coefficient (Wildman–Crippen LogP) is 11.3. The smallest absolute Gasteiger partial charge is 0.0999 e. The van der Waals surface area contributed by atoms with Gasteiger partial charge in [-0.05, 0) is 99.7 Å². The van der Waals surface area contributed by atoms with Gasteiger partial charge in [0.2, 0.25) is 0 Å². The Hall–Kier alpha value is -4.90. The first kappa shape index (κ1) is 23.8. The first-order chi connectivity index (χ1) is 20.8. The highest BCUT2D eigenvalue weighted by atomic mass is 32.1. The Morgan fingerprint density at radius 2 is 0.786 bits per heavy atom. The molecule has 0 aliphatic heterocycles. The molecular formula is C38H24N2S2. The number of hydrogen-bond donors (Lipinski definition) is 0. The Morgan fingerprint density at radius 3 is 1.26 bits per heavy atom. The Labute approximate surface area is 251 Å². The van der Waals surface area contributed by atoms with Crippen molar-refractivity contribution in [3.8, 4) is 32.3 Å². The quantitative estimate of drug-likeness (QED) is 0.198. The van der Waals surface area contributed by atoms with Crippen molar-refractivity contribution in [3.05, 3.63) is 144 Å². The molecular weight excluding hydrogens is 549 g/mol. The van der Waals surface area contributed by atoms with Crippen molar-refractivity contribution in [2.75, 3.05) is 0 Å². The number of aromatic nitrogens is 2. The molecule has 0 radical (unpaired) electrons. The van der Waals surface area contributed by atoms with E-state index in [2.05, 4.69) is 153 Å². The van der Waals surface area contributed by atoms with Crippen LogP contribution < -0.4 is 0 Å². The average molecular weight is 573 g/mol. The number of para-hydroxylation sites is 2. The summed E-state index contributed by atoms with van der Waals surface area (Å²) in [6, 6.07) is 48.9. The summed E-state index contributed by atoms with van der Waals surface area (Å²) in [5.74, 6) is 0. The maximum absolute atomic E-state index is 2.39. The van der Waals surface area contributed by atoms with Gasteiger partial charge in [0.1, 0.15) is 0 Å². The molecule has 0 N–H and O–H groups in total. The Balaban J connectivity index is 1.19. The van der Waals surface area contributed by atoms with Gasteiger partial charge in [-0.15, -0.1) is 22.7 Å². The van der Waals surface area contributed by atoms with Crippen molar-refractivity contribution in [1.29, 1.82) is 0 Å². The molecule has 2 nitrogen and oxygen atoms in total. The molecule has 9 rings (SSSR count).